The van der Waals surface area contributed by atoms with E-state index in [9.17, 15) is 9.59 Å². The van der Waals surface area contributed by atoms with E-state index in [0.717, 1.165) is 11.3 Å². The number of ether oxygens (including phenoxy) is 1. The van der Waals surface area contributed by atoms with Crippen LogP contribution in [0.3, 0.4) is 0 Å². The minimum atomic E-state index is -0.636. The summed E-state index contributed by atoms with van der Waals surface area (Å²) in [6.45, 7) is 1.86. The first-order chi connectivity index (χ1) is 14.0. The van der Waals surface area contributed by atoms with Gasteiger partial charge in [0.1, 0.15) is 17.0 Å². The van der Waals surface area contributed by atoms with Gasteiger partial charge in [0.25, 0.3) is 11.8 Å². The molecular weight excluding hydrogens is 370 g/mol. The molecular formula is C21H17N5O3. The van der Waals surface area contributed by atoms with E-state index in [-0.39, 0.29) is 22.8 Å². The van der Waals surface area contributed by atoms with Crippen LogP contribution in [0.2, 0.25) is 0 Å². The van der Waals surface area contributed by atoms with E-state index in [2.05, 4.69) is 15.3 Å². The van der Waals surface area contributed by atoms with Gasteiger partial charge in [0.05, 0.1) is 11.3 Å². The van der Waals surface area contributed by atoms with Crippen LogP contribution in [-0.4, -0.2) is 26.2 Å². The van der Waals surface area contributed by atoms with Crippen LogP contribution in [0.5, 0.6) is 11.6 Å². The maximum Gasteiger partial charge on any atom is 0.262 e. The lowest BCUT2D eigenvalue weighted by Crippen LogP contribution is -2.15. The zero-order valence-corrected chi connectivity index (χ0v) is 15.5. The number of nitrogens with two attached hydrogens (primary N) is 1. The number of hydrogen-bond acceptors (Lipinski definition) is 5. The van der Waals surface area contributed by atoms with Gasteiger partial charge in [-0.15, -0.1) is 0 Å². The fourth-order valence-electron chi connectivity index (χ4n) is 2.92. The van der Waals surface area contributed by atoms with Crippen LogP contribution in [-0.2, 0) is 0 Å². The summed E-state index contributed by atoms with van der Waals surface area (Å²) < 4.78 is 7.63. The standard InChI is InChI=1S/C21H17N5O3/c1-13-19(24-17-10-4-5-12-26(13)17)25-20(28)15-8-6-11-23-21(15)29-16-9-3-2-7-14(16)18(22)27/h2-12H,1H3,(H2,22,27)(H,25,28). The van der Waals surface area contributed by atoms with Crippen LogP contribution < -0.4 is 15.8 Å². The summed E-state index contributed by atoms with van der Waals surface area (Å²) in [5, 5.41) is 2.80. The summed E-state index contributed by atoms with van der Waals surface area (Å²) in [6.07, 6.45) is 3.36. The third-order valence-electron chi connectivity index (χ3n) is 4.38. The maximum atomic E-state index is 12.9. The Balaban J connectivity index is 1.65. The highest BCUT2D eigenvalue weighted by Crippen LogP contribution is 2.27. The molecule has 8 nitrogen and oxygen atoms in total. The molecule has 1 aromatic carbocycles. The molecule has 0 aliphatic heterocycles. The number of carbonyl (C=O) groups excluding carboxylic acids is 2. The predicted octanol–water partition coefficient (Wildman–Crippen LogP) is 3.18. The number of rotatable bonds is 5. The molecule has 0 unspecified atom stereocenters. The normalized spacial score (nSPS) is 10.7. The number of nitrogens with one attached hydrogen (secondary N) is 1. The molecule has 0 radical (unpaired) electrons. The van der Waals surface area contributed by atoms with Gasteiger partial charge in [0.2, 0.25) is 5.88 Å². The van der Waals surface area contributed by atoms with Crippen molar-refractivity contribution < 1.29 is 14.3 Å². The number of fused-ring (bicyclic) bond motifs is 1. The van der Waals surface area contributed by atoms with Crippen molar-refractivity contribution >= 4 is 23.3 Å². The summed E-state index contributed by atoms with van der Waals surface area (Å²) in [7, 11) is 0. The van der Waals surface area contributed by atoms with Crippen LogP contribution in [0.25, 0.3) is 5.65 Å². The molecule has 4 rings (SSSR count). The molecule has 144 valence electrons. The third-order valence-corrected chi connectivity index (χ3v) is 4.38. The van der Waals surface area contributed by atoms with Gasteiger partial charge in [-0.05, 0) is 43.3 Å². The van der Waals surface area contributed by atoms with Crippen LogP contribution in [0, 0.1) is 6.92 Å². The van der Waals surface area contributed by atoms with Gasteiger partial charge in [-0.3, -0.25) is 9.59 Å². The minimum Gasteiger partial charge on any atom is -0.437 e. The molecule has 0 aliphatic rings. The Kier molecular flexibility index (Phi) is 4.66. The molecule has 3 heterocycles. The molecule has 0 bridgehead atoms. The average Bonchev–Trinajstić information content (AvgIpc) is 3.04. The van der Waals surface area contributed by atoms with Crippen molar-refractivity contribution in [3.63, 3.8) is 0 Å². The number of primary amides is 1. The molecule has 3 aromatic heterocycles. The zero-order chi connectivity index (χ0) is 20.4. The first-order valence-electron chi connectivity index (χ1n) is 8.81. The first-order valence-corrected chi connectivity index (χ1v) is 8.81. The van der Waals surface area contributed by atoms with Gasteiger partial charge < -0.3 is 20.2 Å². The number of benzene rings is 1. The van der Waals surface area contributed by atoms with Crippen molar-refractivity contribution in [3.8, 4) is 11.6 Å². The first kappa shape index (κ1) is 18.2. The van der Waals surface area contributed by atoms with E-state index >= 15 is 0 Å². The number of anilines is 1. The smallest absolute Gasteiger partial charge is 0.262 e. The van der Waals surface area contributed by atoms with Gasteiger partial charge >= 0.3 is 0 Å². The number of carbonyl (C=O) groups is 2. The number of aryl methyl sites for hydroxylation is 1. The predicted molar refractivity (Wildman–Crippen MR) is 107 cm³/mol. The number of pyridine rings is 2. The van der Waals surface area contributed by atoms with Crippen LogP contribution in [0.15, 0.2) is 67.0 Å². The molecule has 2 amide bonds. The quantitative estimate of drug-likeness (QED) is 0.546. The SMILES string of the molecule is Cc1c(NC(=O)c2cccnc2Oc2ccccc2C(N)=O)nc2ccccn12. The lowest BCUT2D eigenvalue weighted by Gasteiger charge is -2.11. The molecule has 29 heavy (non-hydrogen) atoms. The third kappa shape index (κ3) is 3.51. The van der Waals surface area contributed by atoms with Crippen LogP contribution in [0.1, 0.15) is 26.4 Å². The summed E-state index contributed by atoms with van der Waals surface area (Å²) >= 11 is 0. The zero-order valence-electron chi connectivity index (χ0n) is 15.5. The van der Waals surface area contributed by atoms with E-state index < -0.39 is 11.8 Å². The van der Waals surface area contributed by atoms with Crippen LogP contribution in [0.4, 0.5) is 5.82 Å². The van der Waals surface area contributed by atoms with Crippen molar-refractivity contribution in [2.45, 2.75) is 6.92 Å². The Morgan fingerprint density at radius 2 is 1.79 bits per heavy atom. The van der Waals surface area contributed by atoms with Crippen molar-refractivity contribution in [3.05, 3.63) is 83.8 Å². The second-order valence-corrected chi connectivity index (χ2v) is 6.25. The summed E-state index contributed by atoms with van der Waals surface area (Å²) in [5.41, 5.74) is 7.30. The average molecular weight is 387 g/mol. The summed E-state index contributed by atoms with van der Waals surface area (Å²) in [4.78, 5) is 33.1. The maximum absolute atomic E-state index is 12.9. The molecule has 0 atom stereocenters. The molecule has 0 fully saturated rings. The van der Waals surface area contributed by atoms with Crippen molar-refractivity contribution in [1.82, 2.24) is 14.4 Å². The van der Waals surface area contributed by atoms with Crippen molar-refractivity contribution in [1.29, 1.82) is 0 Å². The number of hydrogen-bond donors (Lipinski definition) is 2. The Morgan fingerprint density at radius 3 is 2.59 bits per heavy atom. The number of amides is 2. The Morgan fingerprint density at radius 1 is 1.03 bits per heavy atom. The molecule has 0 aliphatic carbocycles. The largest absolute Gasteiger partial charge is 0.437 e. The minimum absolute atomic E-state index is 0.0557. The second-order valence-electron chi connectivity index (χ2n) is 6.25. The summed E-state index contributed by atoms with van der Waals surface area (Å²) in [5.74, 6) is -0.357. The lowest BCUT2D eigenvalue weighted by atomic mass is 10.2. The fourth-order valence-corrected chi connectivity index (χ4v) is 2.92. The Hall–Kier alpha value is -4.20. The molecule has 8 heteroatoms. The summed E-state index contributed by atoms with van der Waals surface area (Å²) in [6, 6.07) is 15.3. The van der Waals surface area contributed by atoms with Gasteiger partial charge in [-0.2, -0.15) is 0 Å². The Labute approximate surface area is 166 Å². The second kappa shape index (κ2) is 7.43. The number of nitrogens with zero attached hydrogens (tertiary/aromatic N) is 3. The molecule has 0 saturated carbocycles. The van der Waals surface area contributed by atoms with Gasteiger partial charge in [-0.25, -0.2) is 9.97 Å². The van der Waals surface area contributed by atoms with E-state index in [0.29, 0.717) is 5.82 Å². The van der Waals surface area contributed by atoms with E-state index in [4.69, 9.17) is 10.5 Å². The van der Waals surface area contributed by atoms with Crippen molar-refractivity contribution in [2.24, 2.45) is 5.73 Å². The van der Waals surface area contributed by atoms with E-state index in [1.807, 2.05) is 35.7 Å². The number of imidazole rings is 1. The monoisotopic (exact) mass is 387 g/mol. The topological polar surface area (TPSA) is 112 Å². The van der Waals surface area contributed by atoms with Gasteiger partial charge in [0, 0.05) is 12.4 Å². The molecule has 0 saturated heterocycles. The highest BCUT2D eigenvalue weighted by Gasteiger charge is 2.19. The molecule has 3 N–H and O–H groups in total. The van der Waals surface area contributed by atoms with Crippen molar-refractivity contribution in [2.75, 3.05) is 5.32 Å². The molecule has 0 spiro atoms. The lowest BCUT2D eigenvalue weighted by molar-refractivity contribution is 0.0997. The molecule has 4 aromatic rings. The van der Waals surface area contributed by atoms with Crippen LogP contribution >= 0.6 is 0 Å². The number of para-hydroxylation sites is 1. The van der Waals surface area contributed by atoms with E-state index in [1.165, 1.54) is 6.20 Å². The highest BCUT2D eigenvalue weighted by molar-refractivity contribution is 6.06. The van der Waals surface area contributed by atoms with Gasteiger partial charge in [0.15, 0.2) is 5.82 Å². The van der Waals surface area contributed by atoms with Gasteiger partial charge in [-0.1, -0.05) is 18.2 Å². The Bertz CT molecular complexity index is 1230. The highest BCUT2D eigenvalue weighted by atomic mass is 16.5. The van der Waals surface area contributed by atoms with E-state index in [1.54, 1.807) is 36.4 Å². The number of aromatic nitrogens is 3. The fraction of sp³-hybridized carbons (Fsp3) is 0.0476.